The van der Waals surface area contributed by atoms with E-state index in [9.17, 15) is 9.59 Å². The van der Waals surface area contributed by atoms with Gasteiger partial charge in [0.1, 0.15) is 0 Å². The first-order valence-electron chi connectivity index (χ1n) is 8.71. The van der Waals surface area contributed by atoms with Gasteiger partial charge >= 0.3 is 0 Å². The highest BCUT2D eigenvalue weighted by atomic mass is 16.2. The second-order valence-electron chi connectivity index (χ2n) is 7.63. The second-order valence-corrected chi connectivity index (χ2v) is 7.63. The van der Waals surface area contributed by atoms with Gasteiger partial charge in [-0.15, -0.1) is 0 Å². The first-order valence-corrected chi connectivity index (χ1v) is 8.71. The molecule has 1 heterocycles. The van der Waals surface area contributed by atoms with Crippen LogP contribution in [0.5, 0.6) is 0 Å². The standard InChI is InChI=1S/C18H30N4O2/c1-7-19-15(23)14-8-9-18(6,17(14,4)5)16(24)20-10-13-11(2)21-22-12(13)3/h14H,7-10H2,1-6H3,(H,19,23)(H,20,24)(H,21,22)/t14-,18+/m1/s1. The van der Waals surface area contributed by atoms with E-state index in [4.69, 9.17) is 0 Å². The lowest BCUT2D eigenvalue weighted by Crippen LogP contribution is -2.49. The summed E-state index contributed by atoms with van der Waals surface area (Å²) in [6, 6.07) is 0. The number of aryl methyl sites for hydroxylation is 2. The van der Waals surface area contributed by atoms with E-state index in [2.05, 4.69) is 20.8 Å². The van der Waals surface area contributed by atoms with Crippen molar-refractivity contribution in [2.75, 3.05) is 6.54 Å². The van der Waals surface area contributed by atoms with Gasteiger partial charge in [-0.1, -0.05) is 20.8 Å². The van der Waals surface area contributed by atoms with Crippen LogP contribution in [0.1, 0.15) is 57.5 Å². The van der Waals surface area contributed by atoms with Crippen molar-refractivity contribution in [1.29, 1.82) is 0 Å². The number of nitrogens with zero attached hydrogens (tertiary/aromatic N) is 1. The molecule has 0 spiro atoms. The first-order chi connectivity index (χ1) is 11.1. The maximum atomic E-state index is 13.0. The van der Waals surface area contributed by atoms with Crippen LogP contribution >= 0.6 is 0 Å². The molecule has 6 heteroatoms. The van der Waals surface area contributed by atoms with Gasteiger partial charge in [-0.2, -0.15) is 5.10 Å². The van der Waals surface area contributed by atoms with Crippen molar-refractivity contribution < 1.29 is 9.59 Å². The van der Waals surface area contributed by atoms with Crippen LogP contribution in [-0.4, -0.2) is 28.6 Å². The summed E-state index contributed by atoms with van der Waals surface area (Å²) in [4.78, 5) is 25.3. The number of hydrogen-bond acceptors (Lipinski definition) is 3. The smallest absolute Gasteiger partial charge is 0.226 e. The van der Waals surface area contributed by atoms with Gasteiger partial charge in [0, 0.05) is 30.3 Å². The predicted octanol–water partition coefficient (Wildman–Crippen LogP) is 2.22. The Bertz CT molecular complexity index is 615. The number of carbonyl (C=O) groups excluding carboxylic acids is 2. The molecule has 1 saturated carbocycles. The van der Waals surface area contributed by atoms with E-state index < -0.39 is 10.8 Å². The topological polar surface area (TPSA) is 86.9 Å². The average molecular weight is 334 g/mol. The highest BCUT2D eigenvalue weighted by Gasteiger charge is 2.57. The fourth-order valence-corrected chi connectivity index (χ4v) is 3.86. The van der Waals surface area contributed by atoms with Gasteiger partial charge in [0.05, 0.1) is 11.1 Å². The minimum atomic E-state index is -0.561. The third-order valence-corrected chi connectivity index (χ3v) is 6.10. The van der Waals surface area contributed by atoms with Crippen LogP contribution < -0.4 is 10.6 Å². The summed E-state index contributed by atoms with van der Waals surface area (Å²) >= 11 is 0. The minimum absolute atomic E-state index is 0.0132. The summed E-state index contributed by atoms with van der Waals surface area (Å²) < 4.78 is 0. The van der Waals surface area contributed by atoms with Crippen LogP contribution in [0.4, 0.5) is 0 Å². The van der Waals surface area contributed by atoms with Crippen molar-refractivity contribution in [1.82, 2.24) is 20.8 Å². The van der Waals surface area contributed by atoms with Crippen molar-refractivity contribution >= 4 is 11.8 Å². The molecule has 2 amide bonds. The molecular weight excluding hydrogens is 304 g/mol. The zero-order valence-electron chi connectivity index (χ0n) is 15.7. The Morgan fingerprint density at radius 2 is 1.92 bits per heavy atom. The SMILES string of the molecule is CCNC(=O)[C@H]1CC[C@@](C)(C(=O)NCc2c(C)n[nH]c2C)C1(C)C. The molecule has 1 aromatic rings. The molecule has 134 valence electrons. The van der Waals surface area contributed by atoms with E-state index in [1.807, 2.05) is 41.5 Å². The van der Waals surface area contributed by atoms with Crippen LogP contribution in [0.15, 0.2) is 0 Å². The summed E-state index contributed by atoms with van der Waals surface area (Å²) in [7, 11) is 0. The molecule has 1 aliphatic carbocycles. The molecule has 2 atom stereocenters. The first kappa shape index (κ1) is 18.5. The van der Waals surface area contributed by atoms with Crippen molar-refractivity contribution in [3.05, 3.63) is 17.0 Å². The number of amides is 2. The summed E-state index contributed by atoms with van der Waals surface area (Å²) in [6.45, 7) is 12.9. The molecule has 0 bridgehead atoms. The minimum Gasteiger partial charge on any atom is -0.356 e. The van der Waals surface area contributed by atoms with Crippen molar-refractivity contribution in [2.45, 2.75) is 60.9 Å². The molecule has 0 aliphatic heterocycles. The molecule has 0 radical (unpaired) electrons. The third kappa shape index (κ3) is 2.94. The highest BCUT2D eigenvalue weighted by molar-refractivity contribution is 5.87. The lowest BCUT2D eigenvalue weighted by Gasteiger charge is -2.39. The van der Waals surface area contributed by atoms with Crippen LogP contribution in [0.25, 0.3) is 0 Å². The Morgan fingerprint density at radius 1 is 1.25 bits per heavy atom. The Morgan fingerprint density at radius 3 is 2.46 bits per heavy atom. The number of H-pyrrole nitrogens is 1. The molecule has 0 saturated heterocycles. The van der Waals surface area contributed by atoms with Crippen LogP contribution in [0.3, 0.4) is 0 Å². The lowest BCUT2D eigenvalue weighted by atomic mass is 9.65. The Labute approximate surface area is 144 Å². The van der Waals surface area contributed by atoms with E-state index in [0.717, 1.165) is 29.8 Å². The van der Waals surface area contributed by atoms with Crippen molar-refractivity contribution in [3.63, 3.8) is 0 Å². The van der Waals surface area contributed by atoms with Gasteiger partial charge in [0.2, 0.25) is 11.8 Å². The Balaban J connectivity index is 2.12. The van der Waals surface area contributed by atoms with Crippen molar-refractivity contribution in [2.24, 2.45) is 16.7 Å². The Kier molecular flexibility index (Phi) is 5.06. The molecule has 0 aromatic carbocycles. The van der Waals surface area contributed by atoms with Crippen LogP contribution in [0, 0.1) is 30.6 Å². The maximum Gasteiger partial charge on any atom is 0.226 e. The maximum absolute atomic E-state index is 13.0. The number of hydrogen-bond donors (Lipinski definition) is 3. The molecule has 2 rings (SSSR count). The second kappa shape index (κ2) is 6.57. The van der Waals surface area contributed by atoms with E-state index in [1.54, 1.807) is 0 Å². The summed E-state index contributed by atoms with van der Waals surface area (Å²) in [6.07, 6.45) is 1.46. The van der Waals surface area contributed by atoms with Gasteiger partial charge in [-0.25, -0.2) is 0 Å². The average Bonchev–Trinajstić information content (AvgIpc) is 2.95. The number of rotatable bonds is 5. The fourth-order valence-electron chi connectivity index (χ4n) is 3.86. The molecule has 6 nitrogen and oxygen atoms in total. The molecule has 3 N–H and O–H groups in total. The number of aromatic nitrogens is 2. The largest absolute Gasteiger partial charge is 0.356 e. The highest BCUT2D eigenvalue weighted by Crippen LogP contribution is 2.56. The van der Waals surface area contributed by atoms with E-state index in [1.165, 1.54) is 0 Å². The molecule has 1 fully saturated rings. The third-order valence-electron chi connectivity index (χ3n) is 6.10. The Hall–Kier alpha value is -1.85. The van der Waals surface area contributed by atoms with Crippen molar-refractivity contribution in [3.8, 4) is 0 Å². The van der Waals surface area contributed by atoms with E-state index in [-0.39, 0.29) is 17.7 Å². The zero-order chi connectivity index (χ0) is 18.1. The lowest BCUT2D eigenvalue weighted by molar-refractivity contribution is -0.139. The van der Waals surface area contributed by atoms with Gasteiger partial charge in [-0.05, 0) is 39.0 Å². The predicted molar refractivity (Wildman–Crippen MR) is 93.2 cm³/mol. The molecule has 0 unspecified atom stereocenters. The fraction of sp³-hybridized carbons (Fsp3) is 0.722. The summed E-state index contributed by atoms with van der Waals surface area (Å²) in [5, 5.41) is 13.1. The van der Waals surface area contributed by atoms with Crippen LogP contribution in [0.2, 0.25) is 0 Å². The zero-order valence-corrected chi connectivity index (χ0v) is 15.7. The summed E-state index contributed by atoms with van der Waals surface area (Å²) in [5.74, 6) is -0.0644. The van der Waals surface area contributed by atoms with Crippen LogP contribution in [-0.2, 0) is 16.1 Å². The van der Waals surface area contributed by atoms with Gasteiger partial charge in [0.15, 0.2) is 0 Å². The number of aromatic amines is 1. The quantitative estimate of drug-likeness (QED) is 0.771. The van der Waals surface area contributed by atoms with E-state index in [0.29, 0.717) is 13.1 Å². The molecule has 1 aromatic heterocycles. The molecule has 1 aliphatic rings. The summed E-state index contributed by atoms with van der Waals surface area (Å²) in [5.41, 5.74) is 1.96. The monoisotopic (exact) mass is 334 g/mol. The van der Waals surface area contributed by atoms with E-state index >= 15 is 0 Å². The number of carbonyl (C=O) groups is 2. The van der Waals surface area contributed by atoms with Gasteiger partial charge in [-0.3, -0.25) is 14.7 Å². The molecule has 24 heavy (non-hydrogen) atoms. The van der Waals surface area contributed by atoms with Gasteiger partial charge < -0.3 is 10.6 Å². The van der Waals surface area contributed by atoms with Gasteiger partial charge in [0.25, 0.3) is 0 Å². The molecular formula is C18H30N4O2. The normalized spacial score (nSPS) is 25.5. The number of nitrogens with one attached hydrogen (secondary N) is 3.